The molecule has 0 atom stereocenters. The van der Waals surface area contributed by atoms with E-state index in [9.17, 15) is 4.79 Å². The normalized spacial score (nSPS) is 15.0. The third-order valence-electron chi connectivity index (χ3n) is 2.93. The first-order chi connectivity index (χ1) is 8.81. The number of thiocarbonyl (C=S) groups is 1. The number of benzene rings is 1. The fourth-order valence-electron chi connectivity index (χ4n) is 1.92. The van der Waals surface area contributed by atoms with Crippen LogP contribution >= 0.6 is 12.2 Å². The molecule has 0 radical (unpaired) electrons. The first-order valence-electron chi connectivity index (χ1n) is 5.96. The summed E-state index contributed by atoms with van der Waals surface area (Å²) in [6, 6.07) is 9.27. The standard InChI is InChI=1S/C14H15NO2S/c16-14(12-4-2-1-3-5-12)10-13(11-18)15-6-8-17-9-7-15/h1-5H,6-10H2. The van der Waals surface area contributed by atoms with E-state index < -0.39 is 0 Å². The number of hydrogen-bond donors (Lipinski definition) is 0. The Morgan fingerprint density at radius 3 is 2.56 bits per heavy atom. The molecule has 94 valence electrons. The van der Waals surface area contributed by atoms with Crippen molar-refractivity contribution in [3.05, 3.63) is 41.6 Å². The first kappa shape index (κ1) is 13.0. The maximum Gasteiger partial charge on any atom is 0.169 e. The number of Topliss-reactive ketones (excluding diaryl/α,β-unsaturated/α-hetero) is 1. The van der Waals surface area contributed by atoms with Gasteiger partial charge in [-0.05, 0) is 17.2 Å². The van der Waals surface area contributed by atoms with Crippen LogP contribution in [0.2, 0.25) is 0 Å². The van der Waals surface area contributed by atoms with E-state index in [0.717, 1.165) is 18.8 Å². The van der Waals surface area contributed by atoms with Gasteiger partial charge in [-0.3, -0.25) is 4.79 Å². The molecule has 2 rings (SSSR count). The number of morpholine rings is 1. The highest BCUT2D eigenvalue weighted by atomic mass is 32.1. The number of nitrogens with zero attached hydrogens (tertiary/aromatic N) is 1. The van der Waals surface area contributed by atoms with Crippen LogP contribution in [0.5, 0.6) is 0 Å². The highest BCUT2D eigenvalue weighted by molar-refractivity contribution is 7.78. The van der Waals surface area contributed by atoms with Crippen molar-refractivity contribution in [3.8, 4) is 0 Å². The molecule has 0 bridgehead atoms. The summed E-state index contributed by atoms with van der Waals surface area (Å²) in [5.41, 5.74) is 1.51. The number of ketones is 1. The van der Waals surface area contributed by atoms with Crippen molar-refractivity contribution in [2.75, 3.05) is 26.3 Å². The zero-order chi connectivity index (χ0) is 12.8. The van der Waals surface area contributed by atoms with Crippen LogP contribution in [0.3, 0.4) is 0 Å². The Bertz CT molecular complexity index is 460. The molecule has 1 fully saturated rings. The van der Waals surface area contributed by atoms with Crippen LogP contribution in [0.4, 0.5) is 0 Å². The monoisotopic (exact) mass is 261 g/mol. The maximum atomic E-state index is 12.1. The van der Waals surface area contributed by atoms with Gasteiger partial charge in [-0.1, -0.05) is 30.3 Å². The predicted octanol–water partition coefficient (Wildman–Crippen LogP) is 2.07. The van der Waals surface area contributed by atoms with E-state index >= 15 is 0 Å². The summed E-state index contributed by atoms with van der Waals surface area (Å²) >= 11 is 4.90. The van der Waals surface area contributed by atoms with Gasteiger partial charge in [-0.15, -0.1) is 0 Å². The third-order valence-corrected chi connectivity index (χ3v) is 3.17. The molecule has 0 aromatic heterocycles. The number of ether oxygens (including phenoxy) is 1. The van der Waals surface area contributed by atoms with Gasteiger partial charge in [-0.2, -0.15) is 0 Å². The van der Waals surface area contributed by atoms with E-state index in [-0.39, 0.29) is 5.78 Å². The average Bonchev–Trinajstić information content (AvgIpc) is 2.46. The van der Waals surface area contributed by atoms with Gasteiger partial charge in [0.25, 0.3) is 0 Å². The summed E-state index contributed by atoms with van der Waals surface area (Å²) in [5.74, 6) is 0.0782. The molecule has 0 saturated carbocycles. The zero-order valence-corrected chi connectivity index (χ0v) is 10.9. The molecule has 0 spiro atoms. The second-order valence-corrected chi connectivity index (χ2v) is 4.32. The summed E-state index contributed by atoms with van der Waals surface area (Å²) in [5, 5.41) is 2.72. The summed E-state index contributed by atoms with van der Waals surface area (Å²) in [6.07, 6.45) is 0.313. The Hall–Kier alpha value is -1.48. The van der Waals surface area contributed by atoms with Crippen molar-refractivity contribution in [2.24, 2.45) is 0 Å². The topological polar surface area (TPSA) is 29.5 Å². The number of allylic oxidation sites excluding steroid dienone is 1. The lowest BCUT2D eigenvalue weighted by Gasteiger charge is -2.29. The van der Waals surface area contributed by atoms with Gasteiger partial charge in [0.2, 0.25) is 0 Å². The van der Waals surface area contributed by atoms with Gasteiger partial charge in [-0.25, -0.2) is 0 Å². The van der Waals surface area contributed by atoms with Gasteiger partial charge in [0, 0.05) is 18.7 Å². The molecule has 3 nitrogen and oxygen atoms in total. The minimum Gasteiger partial charge on any atom is -0.378 e. The van der Waals surface area contributed by atoms with Crippen molar-refractivity contribution in [2.45, 2.75) is 6.42 Å². The van der Waals surface area contributed by atoms with Crippen LogP contribution in [-0.2, 0) is 4.74 Å². The molecular formula is C14H15NO2S. The first-order valence-corrected chi connectivity index (χ1v) is 6.37. The lowest BCUT2D eigenvalue weighted by molar-refractivity contribution is 0.0524. The average molecular weight is 261 g/mol. The van der Waals surface area contributed by atoms with E-state index in [1.54, 1.807) is 0 Å². The lowest BCUT2D eigenvalue weighted by Crippen LogP contribution is -2.36. The molecular weight excluding hydrogens is 246 g/mol. The summed E-state index contributed by atoms with van der Waals surface area (Å²) in [4.78, 5) is 14.2. The van der Waals surface area contributed by atoms with Crippen molar-refractivity contribution >= 4 is 23.0 Å². The molecule has 1 aliphatic heterocycles. The minimum absolute atomic E-state index is 0.0782. The van der Waals surface area contributed by atoms with Crippen LogP contribution in [0.15, 0.2) is 36.0 Å². The second kappa shape index (κ2) is 6.45. The summed E-state index contributed by atoms with van der Waals surface area (Å²) < 4.78 is 5.28. The third kappa shape index (κ3) is 3.26. The number of rotatable bonds is 4. The van der Waals surface area contributed by atoms with Crippen LogP contribution in [0.1, 0.15) is 16.8 Å². The molecule has 0 N–H and O–H groups in total. The number of carbonyl (C=O) groups excluding carboxylic acids is 1. The van der Waals surface area contributed by atoms with E-state index in [1.807, 2.05) is 30.3 Å². The number of hydrogen-bond acceptors (Lipinski definition) is 4. The van der Waals surface area contributed by atoms with E-state index in [1.165, 1.54) is 0 Å². The van der Waals surface area contributed by atoms with Gasteiger partial charge < -0.3 is 9.64 Å². The van der Waals surface area contributed by atoms with Crippen molar-refractivity contribution in [1.82, 2.24) is 4.90 Å². The Morgan fingerprint density at radius 1 is 1.28 bits per heavy atom. The van der Waals surface area contributed by atoms with Gasteiger partial charge in [0.1, 0.15) is 0 Å². The Labute approximate surface area is 112 Å². The summed E-state index contributed by atoms with van der Waals surface area (Å²) in [6.45, 7) is 2.92. The quantitative estimate of drug-likeness (QED) is 0.613. The summed E-state index contributed by atoms with van der Waals surface area (Å²) in [7, 11) is 0. The highest BCUT2D eigenvalue weighted by Gasteiger charge is 2.17. The highest BCUT2D eigenvalue weighted by Crippen LogP contribution is 2.13. The van der Waals surface area contributed by atoms with E-state index in [2.05, 4.69) is 9.92 Å². The van der Waals surface area contributed by atoms with Crippen molar-refractivity contribution < 1.29 is 9.53 Å². The molecule has 18 heavy (non-hydrogen) atoms. The molecule has 0 amide bonds. The smallest absolute Gasteiger partial charge is 0.169 e. The van der Waals surface area contributed by atoms with Crippen LogP contribution in [-0.4, -0.2) is 42.0 Å². The van der Waals surface area contributed by atoms with Gasteiger partial charge in [0.15, 0.2) is 5.78 Å². The van der Waals surface area contributed by atoms with E-state index in [0.29, 0.717) is 25.2 Å². The molecule has 1 aliphatic rings. The zero-order valence-electron chi connectivity index (χ0n) is 10.1. The second-order valence-electron chi connectivity index (χ2n) is 4.11. The minimum atomic E-state index is 0.0782. The van der Waals surface area contributed by atoms with Gasteiger partial charge in [0.05, 0.1) is 25.3 Å². The van der Waals surface area contributed by atoms with Gasteiger partial charge >= 0.3 is 0 Å². The molecule has 1 saturated heterocycles. The largest absolute Gasteiger partial charge is 0.378 e. The molecule has 4 heteroatoms. The van der Waals surface area contributed by atoms with Crippen LogP contribution < -0.4 is 0 Å². The Kier molecular flexibility index (Phi) is 4.65. The SMILES string of the molecule is O=C(CC(=C=S)N1CCOCC1)c1ccccc1. The van der Waals surface area contributed by atoms with Crippen molar-refractivity contribution in [1.29, 1.82) is 0 Å². The van der Waals surface area contributed by atoms with Crippen LogP contribution in [0.25, 0.3) is 0 Å². The Balaban J connectivity index is 2.03. The molecule has 1 aromatic rings. The fourth-order valence-corrected chi connectivity index (χ4v) is 2.13. The fraction of sp³-hybridized carbons (Fsp3) is 0.357. The molecule has 0 unspecified atom stereocenters. The van der Waals surface area contributed by atoms with E-state index in [4.69, 9.17) is 17.0 Å². The maximum absolute atomic E-state index is 12.1. The molecule has 0 aliphatic carbocycles. The lowest BCUT2D eigenvalue weighted by atomic mass is 10.1. The molecule has 1 aromatic carbocycles. The molecule has 1 heterocycles. The predicted molar refractivity (Wildman–Crippen MR) is 73.9 cm³/mol. The van der Waals surface area contributed by atoms with Crippen molar-refractivity contribution in [3.63, 3.8) is 0 Å². The van der Waals surface area contributed by atoms with Crippen LogP contribution in [0, 0.1) is 0 Å². The number of carbonyl (C=O) groups is 1. The Morgan fingerprint density at radius 2 is 1.94 bits per heavy atom.